The second-order valence-electron chi connectivity index (χ2n) is 6.34. The van der Waals surface area contributed by atoms with Crippen LogP contribution in [0.15, 0.2) is 28.1 Å². The van der Waals surface area contributed by atoms with Crippen molar-refractivity contribution in [2.75, 3.05) is 12.4 Å². The molecule has 0 amide bonds. The average molecular weight is 408 g/mol. The maximum absolute atomic E-state index is 12.5. The number of Topliss-reactive ketones (excluding diaryl/α,β-unsaturated/α-hetero) is 1. The number of nitrogens with zero attached hydrogens (tertiary/aromatic N) is 1. The Bertz CT molecular complexity index is 713. The molecule has 148 valence electrons. The first-order valence-electron chi connectivity index (χ1n) is 8.43. The number of ketones is 1. The molecule has 7 nitrogen and oxygen atoms in total. The van der Waals surface area contributed by atoms with E-state index in [1.165, 1.54) is 25.5 Å². The van der Waals surface area contributed by atoms with E-state index in [1.54, 1.807) is 6.92 Å². The molecule has 1 aliphatic carbocycles. The van der Waals surface area contributed by atoms with Gasteiger partial charge in [-0.15, -0.1) is 0 Å². The number of sulfone groups is 1. The van der Waals surface area contributed by atoms with Crippen molar-refractivity contribution in [1.29, 1.82) is 0 Å². The van der Waals surface area contributed by atoms with E-state index in [2.05, 4.69) is 5.16 Å². The fourth-order valence-electron chi connectivity index (χ4n) is 2.91. The van der Waals surface area contributed by atoms with Crippen LogP contribution >= 0.6 is 11.6 Å². The van der Waals surface area contributed by atoms with Gasteiger partial charge in [-0.2, -0.15) is 0 Å². The lowest BCUT2D eigenvalue weighted by atomic mass is 9.79. The van der Waals surface area contributed by atoms with E-state index >= 15 is 0 Å². The Kier molecular flexibility index (Phi) is 8.30. The summed E-state index contributed by atoms with van der Waals surface area (Å²) in [5, 5.41) is 24.1. The zero-order valence-corrected chi connectivity index (χ0v) is 16.8. The fourth-order valence-corrected chi connectivity index (χ4v) is 4.12. The van der Waals surface area contributed by atoms with E-state index in [-0.39, 0.29) is 48.7 Å². The van der Waals surface area contributed by atoms with E-state index < -0.39 is 26.5 Å². The first-order valence-corrected chi connectivity index (χ1v) is 10.6. The number of halogens is 1. The number of allylic oxidation sites excluding steroid dienone is 1. The van der Waals surface area contributed by atoms with Crippen LogP contribution in [0.1, 0.15) is 46.5 Å². The van der Waals surface area contributed by atoms with Gasteiger partial charge in [-0.05, 0) is 25.8 Å². The van der Waals surface area contributed by atoms with Crippen LogP contribution in [-0.2, 0) is 19.5 Å². The molecule has 0 saturated heterocycles. The summed E-state index contributed by atoms with van der Waals surface area (Å²) in [6.07, 6.45) is 1.25. The molecule has 0 saturated carbocycles. The van der Waals surface area contributed by atoms with Crippen LogP contribution in [-0.4, -0.2) is 53.3 Å². The van der Waals surface area contributed by atoms with Crippen LogP contribution in [0.25, 0.3) is 0 Å². The van der Waals surface area contributed by atoms with Gasteiger partial charge in [0, 0.05) is 24.1 Å². The summed E-state index contributed by atoms with van der Waals surface area (Å²) in [5.41, 5.74) is -0.0346. The molecule has 9 heteroatoms. The number of hydrogen-bond acceptors (Lipinski definition) is 7. The number of rotatable bonds is 9. The van der Waals surface area contributed by atoms with Crippen molar-refractivity contribution in [3.63, 3.8) is 0 Å². The minimum Gasteiger partial charge on any atom is -0.511 e. The quantitative estimate of drug-likeness (QED) is 0.345. The van der Waals surface area contributed by atoms with Gasteiger partial charge in [-0.25, -0.2) is 8.42 Å². The number of hydrogen-bond donors (Lipinski definition) is 2. The summed E-state index contributed by atoms with van der Waals surface area (Å²) < 4.78 is 23.9. The SMILES string of the molecule is CC/C(=N/OC/C=C/Cl)C1=C(O)CC(O)(CC(C)S(=O)(=O)CC)CC1=O. The van der Waals surface area contributed by atoms with Crippen molar-refractivity contribution < 1.29 is 28.3 Å². The maximum Gasteiger partial charge on any atom is 0.171 e. The summed E-state index contributed by atoms with van der Waals surface area (Å²) in [4.78, 5) is 17.5. The first-order chi connectivity index (χ1) is 12.1. The molecule has 0 aliphatic heterocycles. The van der Waals surface area contributed by atoms with Crippen LogP contribution in [0.4, 0.5) is 0 Å². The smallest absolute Gasteiger partial charge is 0.171 e. The van der Waals surface area contributed by atoms with Gasteiger partial charge < -0.3 is 15.1 Å². The monoisotopic (exact) mass is 407 g/mol. The molecule has 2 N–H and O–H groups in total. The van der Waals surface area contributed by atoms with E-state index in [9.17, 15) is 23.4 Å². The minimum absolute atomic E-state index is 0.0260. The maximum atomic E-state index is 12.5. The molecule has 0 aromatic heterocycles. The van der Waals surface area contributed by atoms with Gasteiger partial charge in [-0.1, -0.05) is 30.6 Å². The first kappa shape index (κ1) is 22.7. The van der Waals surface area contributed by atoms with Crippen molar-refractivity contribution in [2.24, 2.45) is 5.16 Å². The Morgan fingerprint density at radius 1 is 1.42 bits per heavy atom. The summed E-state index contributed by atoms with van der Waals surface area (Å²) in [6, 6.07) is 0. The molecule has 0 bridgehead atoms. The third-order valence-electron chi connectivity index (χ3n) is 4.29. The molecule has 26 heavy (non-hydrogen) atoms. The Morgan fingerprint density at radius 2 is 2.08 bits per heavy atom. The molecule has 0 fully saturated rings. The van der Waals surface area contributed by atoms with Crippen LogP contribution in [0.3, 0.4) is 0 Å². The van der Waals surface area contributed by atoms with E-state index in [4.69, 9.17) is 16.4 Å². The van der Waals surface area contributed by atoms with Crippen LogP contribution < -0.4 is 0 Å². The van der Waals surface area contributed by atoms with E-state index in [0.29, 0.717) is 6.42 Å². The van der Waals surface area contributed by atoms with Crippen molar-refractivity contribution in [1.82, 2.24) is 0 Å². The van der Waals surface area contributed by atoms with Crippen molar-refractivity contribution >= 4 is 32.9 Å². The average Bonchev–Trinajstić information content (AvgIpc) is 2.55. The summed E-state index contributed by atoms with van der Waals surface area (Å²) in [7, 11) is -3.35. The molecular weight excluding hydrogens is 382 g/mol. The molecule has 2 atom stereocenters. The Labute approximate surface area is 159 Å². The number of carbonyl (C=O) groups is 1. The van der Waals surface area contributed by atoms with Gasteiger partial charge in [0.25, 0.3) is 0 Å². The number of aliphatic hydroxyl groups is 2. The lowest BCUT2D eigenvalue weighted by molar-refractivity contribution is -0.122. The second-order valence-corrected chi connectivity index (χ2v) is 9.30. The number of carbonyl (C=O) groups excluding carboxylic acids is 1. The molecule has 0 spiro atoms. The van der Waals surface area contributed by atoms with Gasteiger partial charge >= 0.3 is 0 Å². The van der Waals surface area contributed by atoms with Gasteiger partial charge in [0.1, 0.15) is 12.4 Å². The van der Waals surface area contributed by atoms with Gasteiger partial charge in [-0.3, -0.25) is 4.79 Å². The molecular formula is C17H26ClNO6S. The van der Waals surface area contributed by atoms with Gasteiger partial charge in [0.05, 0.1) is 22.1 Å². The highest BCUT2D eigenvalue weighted by molar-refractivity contribution is 7.91. The molecule has 0 heterocycles. The molecule has 2 unspecified atom stereocenters. The summed E-state index contributed by atoms with van der Waals surface area (Å²) in [6.45, 7) is 4.89. The fraction of sp³-hybridized carbons (Fsp3) is 0.647. The number of oxime groups is 1. The second kappa shape index (κ2) is 9.53. The van der Waals surface area contributed by atoms with E-state index in [1.807, 2.05) is 0 Å². The lowest BCUT2D eigenvalue weighted by Crippen LogP contribution is -2.42. The van der Waals surface area contributed by atoms with Crippen molar-refractivity contribution in [3.05, 3.63) is 22.9 Å². The summed E-state index contributed by atoms with van der Waals surface area (Å²) in [5.74, 6) is -0.845. The highest BCUT2D eigenvalue weighted by Crippen LogP contribution is 2.35. The van der Waals surface area contributed by atoms with Crippen LogP contribution in [0, 0.1) is 0 Å². The van der Waals surface area contributed by atoms with Gasteiger partial charge in [0.2, 0.25) is 0 Å². The molecule has 1 aliphatic rings. The van der Waals surface area contributed by atoms with Crippen LogP contribution in [0.2, 0.25) is 0 Å². The molecule has 0 radical (unpaired) electrons. The third-order valence-corrected chi connectivity index (χ3v) is 6.67. The normalized spacial score (nSPS) is 23.6. The lowest BCUT2D eigenvalue weighted by Gasteiger charge is -2.34. The minimum atomic E-state index is -3.35. The highest BCUT2D eigenvalue weighted by Gasteiger charge is 2.42. The zero-order valence-electron chi connectivity index (χ0n) is 15.2. The highest BCUT2D eigenvalue weighted by atomic mass is 35.5. The van der Waals surface area contributed by atoms with E-state index in [0.717, 1.165) is 0 Å². The number of aliphatic hydroxyl groups excluding tert-OH is 1. The van der Waals surface area contributed by atoms with Crippen molar-refractivity contribution in [2.45, 2.75) is 57.3 Å². The Balaban J connectivity index is 3.03. The topological polar surface area (TPSA) is 113 Å². The Hall–Kier alpha value is -1.38. The molecule has 0 aromatic carbocycles. The summed E-state index contributed by atoms with van der Waals surface area (Å²) >= 11 is 5.38. The van der Waals surface area contributed by atoms with Crippen LogP contribution in [0.5, 0.6) is 0 Å². The Morgan fingerprint density at radius 3 is 2.58 bits per heavy atom. The zero-order chi connectivity index (χ0) is 20.0. The molecule has 0 aromatic rings. The predicted octanol–water partition coefficient (Wildman–Crippen LogP) is 2.64. The predicted molar refractivity (Wildman–Crippen MR) is 101 cm³/mol. The molecule has 1 rings (SSSR count). The third kappa shape index (κ3) is 5.82. The standard InChI is InChI=1S/C17H26ClNO6S/c1-4-13(19-25-8-6-7-18)16-14(20)10-17(22,11-15(16)21)9-12(3)26(23,24)5-2/h6-7,12,20,22H,4-5,8-11H2,1-3H3/b7-6+,19-13-. The van der Waals surface area contributed by atoms with Gasteiger partial charge in [0.15, 0.2) is 15.6 Å². The largest absolute Gasteiger partial charge is 0.511 e. The van der Waals surface area contributed by atoms with Crippen molar-refractivity contribution in [3.8, 4) is 0 Å².